The Labute approximate surface area is 209 Å². The second kappa shape index (κ2) is 8.85. The average molecular weight is 477 g/mol. The lowest BCUT2D eigenvalue weighted by Gasteiger charge is -2.38. The Hall–Kier alpha value is -4.08. The van der Waals surface area contributed by atoms with Crippen LogP contribution in [0, 0.1) is 17.1 Å². The highest BCUT2D eigenvalue weighted by Crippen LogP contribution is 2.39. The Morgan fingerprint density at radius 2 is 1.72 bits per heavy atom. The van der Waals surface area contributed by atoms with Gasteiger partial charge in [0, 0.05) is 35.3 Å². The molecule has 2 saturated heterocycles. The van der Waals surface area contributed by atoms with Gasteiger partial charge in [0.15, 0.2) is 0 Å². The number of carbonyl (C=O) groups excluding carboxylic acids is 1. The zero-order valence-electron chi connectivity index (χ0n) is 19.7. The second-order valence-electron chi connectivity index (χ2n) is 9.81. The molecule has 0 spiro atoms. The molecule has 2 aliphatic rings. The Balaban J connectivity index is 1.47. The Kier molecular flexibility index (Phi) is 5.50. The first-order valence-electron chi connectivity index (χ1n) is 12.3. The average Bonchev–Trinajstić information content (AvgIpc) is 3.18. The number of hydrogen-bond donors (Lipinski definition) is 1. The maximum absolute atomic E-state index is 14.7. The Morgan fingerprint density at radius 3 is 2.47 bits per heavy atom. The topological polar surface area (TPSA) is 83.0 Å². The zero-order chi connectivity index (χ0) is 24.8. The fraction of sp³-hybridized carbons (Fsp3) is 0.233. The lowest BCUT2D eigenvalue weighted by molar-refractivity contribution is 0.0575. The van der Waals surface area contributed by atoms with Crippen LogP contribution in [0.5, 0.6) is 0 Å². The molecule has 6 rings (SSSR count). The Morgan fingerprint density at radius 1 is 0.972 bits per heavy atom. The number of pyridine rings is 1. The number of aromatic nitrogens is 1. The molecule has 3 atom stereocenters. The molecule has 3 heterocycles. The van der Waals surface area contributed by atoms with Crippen molar-refractivity contribution >= 4 is 16.8 Å². The van der Waals surface area contributed by atoms with Crippen molar-refractivity contribution in [2.24, 2.45) is 5.73 Å². The van der Waals surface area contributed by atoms with Gasteiger partial charge in [-0.3, -0.25) is 9.78 Å². The van der Waals surface area contributed by atoms with Crippen LogP contribution in [0.3, 0.4) is 0 Å². The molecular weight excluding hydrogens is 451 g/mol. The fourth-order valence-electron chi connectivity index (χ4n) is 5.87. The molecule has 5 nitrogen and oxygen atoms in total. The van der Waals surface area contributed by atoms with E-state index in [-0.39, 0.29) is 29.6 Å². The maximum atomic E-state index is 14.7. The number of amides is 1. The van der Waals surface area contributed by atoms with Crippen LogP contribution < -0.4 is 5.73 Å². The van der Waals surface area contributed by atoms with Crippen molar-refractivity contribution in [2.45, 2.75) is 43.8 Å². The van der Waals surface area contributed by atoms with Gasteiger partial charge in [-0.15, -0.1) is 0 Å². The van der Waals surface area contributed by atoms with Gasteiger partial charge in [-0.2, -0.15) is 5.26 Å². The third-order valence-corrected chi connectivity index (χ3v) is 7.59. The molecule has 2 fully saturated rings. The van der Waals surface area contributed by atoms with Gasteiger partial charge in [-0.05, 0) is 84.3 Å². The molecule has 6 heteroatoms. The number of nitriles is 1. The molecule has 2 N–H and O–H groups in total. The van der Waals surface area contributed by atoms with Crippen LogP contribution in [0.4, 0.5) is 4.39 Å². The molecule has 1 aromatic heterocycles. The van der Waals surface area contributed by atoms with E-state index in [1.807, 2.05) is 59.5 Å². The van der Waals surface area contributed by atoms with Crippen molar-refractivity contribution in [2.75, 3.05) is 0 Å². The van der Waals surface area contributed by atoms with Crippen LogP contribution in [-0.4, -0.2) is 33.9 Å². The molecule has 178 valence electrons. The predicted octanol–water partition coefficient (Wildman–Crippen LogP) is 5.67. The summed E-state index contributed by atoms with van der Waals surface area (Å²) in [7, 11) is 0. The van der Waals surface area contributed by atoms with Crippen molar-refractivity contribution in [1.82, 2.24) is 9.88 Å². The summed E-state index contributed by atoms with van der Waals surface area (Å²) >= 11 is 0. The minimum Gasteiger partial charge on any atom is -0.333 e. The zero-order valence-corrected chi connectivity index (χ0v) is 19.7. The van der Waals surface area contributed by atoms with Gasteiger partial charge in [0.05, 0.1) is 11.1 Å². The molecule has 0 radical (unpaired) electrons. The van der Waals surface area contributed by atoms with Crippen LogP contribution >= 0.6 is 0 Å². The van der Waals surface area contributed by atoms with Gasteiger partial charge in [0.2, 0.25) is 0 Å². The van der Waals surface area contributed by atoms with Crippen molar-refractivity contribution in [1.29, 1.82) is 5.26 Å². The summed E-state index contributed by atoms with van der Waals surface area (Å²) in [6.45, 7) is 0. The molecule has 3 aromatic carbocycles. The highest BCUT2D eigenvalue weighted by Gasteiger charge is 2.42. The number of halogens is 1. The van der Waals surface area contributed by atoms with Crippen molar-refractivity contribution < 1.29 is 9.18 Å². The van der Waals surface area contributed by atoms with E-state index in [4.69, 9.17) is 5.73 Å². The van der Waals surface area contributed by atoms with Gasteiger partial charge in [-0.1, -0.05) is 30.3 Å². The van der Waals surface area contributed by atoms with Crippen LogP contribution in [0.1, 0.15) is 41.6 Å². The molecule has 0 saturated carbocycles. The number of nitrogens with zero attached hydrogens (tertiary/aromatic N) is 3. The van der Waals surface area contributed by atoms with Crippen molar-refractivity contribution in [3.63, 3.8) is 0 Å². The first kappa shape index (κ1) is 22.4. The quantitative estimate of drug-likeness (QED) is 0.413. The van der Waals surface area contributed by atoms with Crippen LogP contribution in [0.25, 0.3) is 33.2 Å². The number of hydrogen-bond acceptors (Lipinski definition) is 4. The van der Waals surface area contributed by atoms with E-state index in [0.717, 1.165) is 53.3 Å². The minimum atomic E-state index is -0.582. The second-order valence-corrected chi connectivity index (χ2v) is 9.81. The number of carbonyl (C=O) groups is 1. The number of fused-ring (bicyclic) bond motifs is 3. The van der Waals surface area contributed by atoms with E-state index in [0.29, 0.717) is 11.1 Å². The standard InChI is InChI=1S/C30H25FN4O/c31-28-13-19(5-6-22(28)17-32)27-12-21(30(36)35-24-8-9-25(35)16-23(33)15-24)7-10-26(27)20-4-3-18-2-1-11-34-29(18)14-20/h1-7,10-14,23-25H,8-9,15-16,33H2/t23?,24-,25+. The number of benzene rings is 3. The van der Waals surface area contributed by atoms with Gasteiger partial charge in [0.1, 0.15) is 11.9 Å². The summed E-state index contributed by atoms with van der Waals surface area (Å²) in [5, 5.41) is 10.2. The highest BCUT2D eigenvalue weighted by atomic mass is 19.1. The largest absolute Gasteiger partial charge is 0.333 e. The minimum absolute atomic E-state index is 0.00325. The van der Waals surface area contributed by atoms with Gasteiger partial charge < -0.3 is 10.6 Å². The van der Waals surface area contributed by atoms with Crippen LogP contribution in [0.15, 0.2) is 72.9 Å². The highest BCUT2D eigenvalue weighted by molar-refractivity contribution is 5.99. The predicted molar refractivity (Wildman–Crippen MR) is 137 cm³/mol. The van der Waals surface area contributed by atoms with E-state index in [1.165, 1.54) is 12.1 Å². The smallest absolute Gasteiger partial charge is 0.254 e. The van der Waals surface area contributed by atoms with E-state index in [1.54, 1.807) is 12.3 Å². The van der Waals surface area contributed by atoms with E-state index in [9.17, 15) is 14.4 Å². The molecule has 36 heavy (non-hydrogen) atoms. The van der Waals surface area contributed by atoms with E-state index in [2.05, 4.69) is 4.98 Å². The number of rotatable bonds is 3. The van der Waals surface area contributed by atoms with Crippen LogP contribution in [-0.2, 0) is 0 Å². The van der Waals surface area contributed by atoms with Crippen molar-refractivity contribution in [3.05, 3.63) is 89.9 Å². The lowest BCUT2D eigenvalue weighted by Crippen LogP contribution is -2.50. The molecule has 1 amide bonds. The number of piperidine rings is 1. The lowest BCUT2D eigenvalue weighted by atomic mass is 9.91. The Bertz CT molecular complexity index is 1530. The molecule has 2 aliphatic heterocycles. The van der Waals surface area contributed by atoms with Gasteiger partial charge >= 0.3 is 0 Å². The van der Waals surface area contributed by atoms with Gasteiger partial charge in [-0.25, -0.2) is 4.39 Å². The third kappa shape index (κ3) is 3.82. The summed E-state index contributed by atoms with van der Waals surface area (Å²) in [6, 6.07) is 22.5. The molecule has 4 aromatic rings. The third-order valence-electron chi connectivity index (χ3n) is 7.59. The maximum Gasteiger partial charge on any atom is 0.254 e. The summed E-state index contributed by atoms with van der Waals surface area (Å²) in [4.78, 5) is 20.2. The fourth-order valence-corrected chi connectivity index (χ4v) is 5.87. The van der Waals surface area contributed by atoms with Crippen molar-refractivity contribution in [3.8, 4) is 28.3 Å². The molecule has 1 unspecified atom stereocenters. The molecular formula is C30H25FN4O. The first-order valence-corrected chi connectivity index (χ1v) is 12.3. The normalized spacial score (nSPS) is 20.9. The monoisotopic (exact) mass is 476 g/mol. The molecule has 2 bridgehead atoms. The van der Waals surface area contributed by atoms with Crippen LogP contribution in [0.2, 0.25) is 0 Å². The first-order chi connectivity index (χ1) is 17.5. The van der Waals surface area contributed by atoms with E-state index < -0.39 is 5.82 Å². The molecule has 0 aliphatic carbocycles. The van der Waals surface area contributed by atoms with E-state index >= 15 is 0 Å². The van der Waals surface area contributed by atoms with Gasteiger partial charge in [0.25, 0.3) is 5.91 Å². The summed E-state index contributed by atoms with van der Waals surface area (Å²) in [6.07, 6.45) is 5.39. The summed E-state index contributed by atoms with van der Waals surface area (Å²) in [5.41, 5.74) is 10.8. The summed E-state index contributed by atoms with van der Waals surface area (Å²) < 4.78 is 14.7. The number of nitrogens with two attached hydrogens (primary N) is 1. The SMILES string of the molecule is N#Cc1ccc(-c2cc(C(=O)N3[C@@H]4CC[C@H]3CC(N)C4)ccc2-c2ccc3cccnc3c2)cc1F. The summed E-state index contributed by atoms with van der Waals surface area (Å²) in [5.74, 6) is -0.586.